The Kier molecular flexibility index (Phi) is 3.75. The topological polar surface area (TPSA) is 58.1 Å². The van der Waals surface area contributed by atoms with E-state index in [9.17, 15) is 5.11 Å². The first-order valence-corrected chi connectivity index (χ1v) is 5.64. The minimum atomic E-state index is -0.384. The van der Waals surface area contributed by atoms with Crippen molar-refractivity contribution in [3.63, 3.8) is 0 Å². The summed E-state index contributed by atoms with van der Waals surface area (Å²) in [6.45, 7) is 0.912. The fraction of sp³-hybridized carbons (Fsp3) is 0.727. The highest BCUT2D eigenvalue weighted by Gasteiger charge is 2.16. The molecule has 1 aliphatic rings. The molecule has 15 heavy (non-hydrogen) atoms. The van der Waals surface area contributed by atoms with Crippen molar-refractivity contribution >= 4 is 0 Å². The second kappa shape index (κ2) is 5.28. The molecule has 1 aromatic heterocycles. The van der Waals surface area contributed by atoms with Crippen LogP contribution in [-0.2, 0) is 4.74 Å². The predicted octanol–water partition coefficient (Wildman–Crippen LogP) is 1.79. The van der Waals surface area contributed by atoms with Crippen molar-refractivity contribution in [2.24, 2.45) is 0 Å². The van der Waals surface area contributed by atoms with Crippen molar-refractivity contribution in [3.05, 3.63) is 18.0 Å². The lowest BCUT2D eigenvalue weighted by molar-refractivity contribution is 0.0945. The van der Waals surface area contributed by atoms with Crippen molar-refractivity contribution in [2.45, 2.75) is 44.3 Å². The van der Waals surface area contributed by atoms with Crippen LogP contribution < -0.4 is 0 Å². The van der Waals surface area contributed by atoms with E-state index >= 15 is 0 Å². The minimum absolute atomic E-state index is 0.384. The number of H-pyrrole nitrogens is 1. The zero-order chi connectivity index (χ0) is 10.5. The van der Waals surface area contributed by atoms with Crippen molar-refractivity contribution in [3.8, 4) is 0 Å². The molecular formula is C11H18N2O2. The normalized spacial score (nSPS) is 23.1. The van der Waals surface area contributed by atoms with E-state index in [2.05, 4.69) is 10.2 Å². The monoisotopic (exact) mass is 210 g/mol. The van der Waals surface area contributed by atoms with E-state index in [1.807, 2.05) is 0 Å². The van der Waals surface area contributed by atoms with E-state index in [0.717, 1.165) is 31.4 Å². The van der Waals surface area contributed by atoms with Crippen LogP contribution in [0.2, 0.25) is 0 Å². The van der Waals surface area contributed by atoms with E-state index in [1.54, 1.807) is 12.4 Å². The SMILES string of the molecule is OC(CCCC1CCCO1)c1cn[nH]c1. The van der Waals surface area contributed by atoms with Gasteiger partial charge in [0.05, 0.1) is 18.4 Å². The zero-order valence-corrected chi connectivity index (χ0v) is 8.85. The summed E-state index contributed by atoms with van der Waals surface area (Å²) in [7, 11) is 0. The molecule has 2 unspecified atom stereocenters. The Bertz CT molecular complexity index is 268. The molecule has 0 aromatic carbocycles. The van der Waals surface area contributed by atoms with Gasteiger partial charge in [-0.15, -0.1) is 0 Å². The lowest BCUT2D eigenvalue weighted by Crippen LogP contribution is -2.05. The van der Waals surface area contributed by atoms with Gasteiger partial charge in [-0.25, -0.2) is 0 Å². The fourth-order valence-corrected chi connectivity index (χ4v) is 2.02. The van der Waals surface area contributed by atoms with Gasteiger partial charge < -0.3 is 9.84 Å². The number of aromatic amines is 1. The Morgan fingerprint density at radius 2 is 2.60 bits per heavy atom. The Morgan fingerprint density at radius 3 is 3.27 bits per heavy atom. The molecule has 84 valence electrons. The van der Waals surface area contributed by atoms with Gasteiger partial charge in [0.25, 0.3) is 0 Å². The number of aromatic nitrogens is 2. The van der Waals surface area contributed by atoms with Crippen LogP contribution in [0.4, 0.5) is 0 Å². The summed E-state index contributed by atoms with van der Waals surface area (Å²) < 4.78 is 5.53. The first-order chi connectivity index (χ1) is 7.36. The molecule has 1 aliphatic heterocycles. The molecular weight excluding hydrogens is 192 g/mol. The number of rotatable bonds is 5. The van der Waals surface area contributed by atoms with Crippen LogP contribution in [0.3, 0.4) is 0 Å². The van der Waals surface area contributed by atoms with Gasteiger partial charge in [0, 0.05) is 18.4 Å². The number of nitrogens with one attached hydrogen (secondary N) is 1. The second-order valence-corrected chi connectivity index (χ2v) is 4.11. The maximum absolute atomic E-state index is 9.78. The van der Waals surface area contributed by atoms with E-state index in [1.165, 1.54) is 12.8 Å². The number of ether oxygens (including phenoxy) is 1. The van der Waals surface area contributed by atoms with Gasteiger partial charge >= 0.3 is 0 Å². The molecule has 0 spiro atoms. The lowest BCUT2D eigenvalue weighted by Gasteiger charge is -2.11. The van der Waals surface area contributed by atoms with Crippen LogP contribution in [0.15, 0.2) is 12.4 Å². The van der Waals surface area contributed by atoms with Crippen molar-refractivity contribution < 1.29 is 9.84 Å². The van der Waals surface area contributed by atoms with Gasteiger partial charge in [0.1, 0.15) is 0 Å². The van der Waals surface area contributed by atoms with E-state index in [4.69, 9.17) is 4.74 Å². The van der Waals surface area contributed by atoms with Crippen molar-refractivity contribution in [1.82, 2.24) is 10.2 Å². The van der Waals surface area contributed by atoms with E-state index < -0.39 is 0 Å². The molecule has 0 bridgehead atoms. The molecule has 2 atom stereocenters. The van der Waals surface area contributed by atoms with Crippen molar-refractivity contribution in [2.75, 3.05) is 6.61 Å². The quantitative estimate of drug-likeness (QED) is 0.779. The molecule has 4 nitrogen and oxygen atoms in total. The molecule has 1 fully saturated rings. The minimum Gasteiger partial charge on any atom is -0.388 e. The van der Waals surface area contributed by atoms with Crippen LogP contribution in [-0.4, -0.2) is 28.0 Å². The maximum Gasteiger partial charge on any atom is 0.0820 e. The number of aliphatic hydroxyl groups excluding tert-OH is 1. The highest BCUT2D eigenvalue weighted by molar-refractivity contribution is 5.06. The number of aliphatic hydroxyl groups is 1. The first-order valence-electron chi connectivity index (χ1n) is 5.64. The summed E-state index contributed by atoms with van der Waals surface area (Å²) in [5.74, 6) is 0. The summed E-state index contributed by atoms with van der Waals surface area (Å²) in [6, 6.07) is 0. The Morgan fingerprint density at radius 1 is 1.67 bits per heavy atom. The lowest BCUT2D eigenvalue weighted by atomic mass is 10.0. The van der Waals surface area contributed by atoms with Gasteiger partial charge in [-0.2, -0.15) is 5.10 Å². The number of nitrogens with zero attached hydrogens (tertiary/aromatic N) is 1. The van der Waals surface area contributed by atoms with Gasteiger partial charge in [-0.05, 0) is 32.1 Å². The molecule has 1 aromatic rings. The molecule has 0 saturated carbocycles. The standard InChI is InChI=1S/C11H18N2O2/c14-11(9-7-12-13-8-9)5-1-3-10-4-2-6-15-10/h7-8,10-11,14H,1-6H2,(H,12,13). The Balaban J connectivity index is 1.65. The Labute approximate surface area is 89.7 Å². The average Bonchev–Trinajstić information content (AvgIpc) is 2.90. The molecule has 2 heterocycles. The van der Waals surface area contributed by atoms with Gasteiger partial charge in [0.2, 0.25) is 0 Å². The maximum atomic E-state index is 9.78. The third-order valence-electron chi connectivity index (χ3n) is 2.93. The van der Waals surface area contributed by atoms with E-state index in [-0.39, 0.29) is 6.10 Å². The first kappa shape index (κ1) is 10.6. The molecule has 0 aliphatic carbocycles. The van der Waals surface area contributed by atoms with Crippen LogP contribution in [0.5, 0.6) is 0 Å². The molecule has 2 rings (SSSR count). The largest absolute Gasteiger partial charge is 0.388 e. The highest BCUT2D eigenvalue weighted by Crippen LogP contribution is 2.22. The van der Waals surface area contributed by atoms with Gasteiger partial charge in [0.15, 0.2) is 0 Å². The van der Waals surface area contributed by atoms with Gasteiger partial charge in [-0.1, -0.05) is 0 Å². The summed E-state index contributed by atoms with van der Waals surface area (Å²) in [4.78, 5) is 0. The Hall–Kier alpha value is -0.870. The average molecular weight is 210 g/mol. The molecule has 1 saturated heterocycles. The number of hydrogen-bond donors (Lipinski definition) is 2. The predicted molar refractivity (Wildman–Crippen MR) is 56.4 cm³/mol. The zero-order valence-electron chi connectivity index (χ0n) is 8.85. The summed E-state index contributed by atoms with van der Waals surface area (Å²) in [6.07, 6.45) is 8.71. The van der Waals surface area contributed by atoms with E-state index in [0.29, 0.717) is 6.10 Å². The molecule has 0 radical (unpaired) electrons. The smallest absolute Gasteiger partial charge is 0.0820 e. The highest BCUT2D eigenvalue weighted by atomic mass is 16.5. The third kappa shape index (κ3) is 3.04. The van der Waals surface area contributed by atoms with Crippen LogP contribution in [0.25, 0.3) is 0 Å². The third-order valence-corrected chi connectivity index (χ3v) is 2.93. The van der Waals surface area contributed by atoms with Crippen LogP contribution >= 0.6 is 0 Å². The summed E-state index contributed by atoms with van der Waals surface area (Å²) in [5, 5.41) is 16.3. The van der Waals surface area contributed by atoms with Gasteiger partial charge in [-0.3, -0.25) is 5.10 Å². The van der Waals surface area contributed by atoms with Crippen molar-refractivity contribution in [1.29, 1.82) is 0 Å². The molecule has 0 amide bonds. The second-order valence-electron chi connectivity index (χ2n) is 4.11. The molecule has 4 heteroatoms. The van der Waals surface area contributed by atoms with Crippen LogP contribution in [0, 0.1) is 0 Å². The fourth-order valence-electron chi connectivity index (χ4n) is 2.02. The summed E-state index contributed by atoms with van der Waals surface area (Å²) >= 11 is 0. The summed E-state index contributed by atoms with van der Waals surface area (Å²) in [5.41, 5.74) is 0.877. The molecule has 2 N–H and O–H groups in total. The number of hydrogen-bond acceptors (Lipinski definition) is 3. The van der Waals surface area contributed by atoms with Crippen LogP contribution in [0.1, 0.15) is 43.8 Å².